The normalized spacial score (nSPS) is 11.6. The summed E-state index contributed by atoms with van der Waals surface area (Å²) in [6, 6.07) is 3.81. The highest BCUT2D eigenvalue weighted by molar-refractivity contribution is 7.11. The standard InChI is InChI=1S/C12H12F3N3S/c1-8-7-17-11(19-8)5-6-16-10-4-2-3-9(18-10)12(13,14)15/h2-4,7H,5-6H2,1H3,(H,16,18). The van der Waals surface area contributed by atoms with Gasteiger partial charge in [-0.05, 0) is 19.1 Å². The Morgan fingerprint density at radius 3 is 2.74 bits per heavy atom. The largest absolute Gasteiger partial charge is 0.433 e. The molecule has 0 aliphatic rings. The molecule has 0 unspecified atom stereocenters. The number of halogens is 3. The third kappa shape index (κ3) is 3.92. The Morgan fingerprint density at radius 1 is 1.32 bits per heavy atom. The van der Waals surface area contributed by atoms with E-state index in [1.165, 1.54) is 12.1 Å². The van der Waals surface area contributed by atoms with Gasteiger partial charge in [-0.3, -0.25) is 0 Å². The Bertz CT molecular complexity index is 551. The lowest BCUT2D eigenvalue weighted by Crippen LogP contribution is -2.11. The Labute approximate surface area is 112 Å². The van der Waals surface area contributed by atoms with Gasteiger partial charge in [0, 0.05) is 24.0 Å². The first-order chi connectivity index (χ1) is 8.95. The summed E-state index contributed by atoms with van der Waals surface area (Å²) in [5.41, 5.74) is -0.886. The number of aryl methyl sites for hydroxylation is 1. The average molecular weight is 287 g/mol. The average Bonchev–Trinajstić information content (AvgIpc) is 2.74. The van der Waals surface area contributed by atoms with Crippen LogP contribution >= 0.6 is 11.3 Å². The van der Waals surface area contributed by atoms with Gasteiger partial charge < -0.3 is 5.32 Å². The third-order valence-electron chi connectivity index (χ3n) is 2.35. The van der Waals surface area contributed by atoms with Gasteiger partial charge in [-0.15, -0.1) is 11.3 Å². The number of nitrogens with zero attached hydrogens (tertiary/aromatic N) is 2. The second-order valence-corrected chi connectivity index (χ2v) is 5.27. The van der Waals surface area contributed by atoms with Crippen LogP contribution in [0.1, 0.15) is 15.6 Å². The van der Waals surface area contributed by atoms with Gasteiger partial charge >= 0.3 is 6.18 Å². The highest BCUT2D eigenvalue weighted by Gasteiger charge is 2.32. The third-order valence-corrected chi connectivity index (χ3v) is 3.33. The number of anilines is 1. The summed E-state index contributed by atoms with van der Waals surface area (Å²) in [7, 11) is 0. The molecule has 102 valence electrons. The number of hydrogen-bond donors (Lipinski definition) is 1. The fourth-order valence-corrected chi connectivity index (χ4v) is 2.29. The Hall–Kier alpha value is -1.63. The molecular formula is C12H12F3N3S. The zero-order chi connectivity index (χ0) is 13.9. The number of aromatic nitrogens is 2. The SMILES string of the molecule is Cc1cnc(CCNc2cccc(C(F)(F)F)n2)s1. The second kappa shape index (κ2) is 5.56. The molecule has 2 heterocycles. The van der Waals surface area contributed by atoms with Crippen LogP contribution < -0.4 is 5.32 Å². The number of hydrogen-bond acceptors (Lipinski definition) is 4. The summed E-state index contributed by atoms with van der Waals surface area (Å²) < 4.78 is 37.4. The molecule has 0 aliphatic carbocycles. The monoisotopic (exact) mass is 287 g/mol. The van der Waals surface area contributed by atoms with Gasteiger partial charge in [-0.25, -0.2) is 9.97 Å². The van der Waals surface area contributed by atoms with Crippen LogP contribution in [0.5, 0.6) is 0 Å². The molecule has 0 radical (unpaired) electrons. The zero-order valence-electron chi connectivity index (χ0n) is 10.2. The van der Waals surface area contributed by atoms with Gasteiger partial charge in [0.1, 0.15) is 11.5 Å². The Kier molecular flexibility index (Phi) is 4.04. The number of nitrogens with one attached hydrogen (secondary N) is 1. The quantitative estimate of drug-likeness (QED) is 0.935. The Balaban J connectivity index is 1.93. The van der Waals surface area contributed by atoms with E-state index in [9.17, 15) is 13.2 Å². The molecule has 0 aromatic carbocycles. The van der Waals surface area contributed by atoms with E-state index < -0.39 is 11.9 Å². The van der Waals surface area contributed by atoms with E-state index in [2.05, 4.69) is 15.3 Å². The molecule has 0 atom stereocenters. The van der Waals surface area contributed by atoms with Gasteiger partial charge in [0.05, 0.1) is 5.01 Å². The molecule has 19 heavy (non-hydrogen) atoms. The minimum atomic E-state index is -4.41. The highest BCUT2D eigenvalue weighted by Crippen LogP contribution is 2.28. The molecule has 0 bridgehead atoms. The lowest BCUT2D eigenvalue weighted by molar-refractivity contribution is -0.141. The van der Waals surface area contributed by atoms with E-state index >= 15 is 0 Å². The van der Waals surface area contributed by atoms with Gasteiger partial charge in [0.25, 0.3) is 0 Å². The van der Waals surface area contributed by atoms with E-state index in [-0.39, 0.29) is 5.82 Å². The van der Waals surface area contributed by atoms with E-state index in [1.807, 2.05) is 6.92 Å². The summed E-state index contributed by atoms with van der Waals surface area (Å²) in [5.74, 6) is 0.225. The molecule has 0 saturated heterocycles. The summed E-state index contributed by atoms with van der Waals surface area (Å²) in [6.07, 6.45) is -1.97. The molecule has 2 rings (SSSR count). The van der Waals surface area contributed by atoms with Crippen LogP contribution in [0.3, 0.4) is 0 Å². The molecule has 0 amide bonds. The van der Waals surface area contributed by atoms with Crippen LogP contribution in [0.25, 0.3) is 0 Å². The van der Waals surface area contributed by atoms with Gasteiger partial charge in [0.2, 0.25) is 0 Å². The molecule has 0 saturated carbocycles. The minimum Gasteiger partial charge on any atom is -0.370 e. The molecule has 2 aromatic rings. The summed E-state index contributed by atoms with van der Waals surface area (Å²) in [6.45, 7) is 2.46. The van der Waals surface area contributed by atoms with Crippen molar-refractivity contribution in [3.05, 3.63) is 40.0 Å². The fourth-order valence-electron chi connectivity index (χ4n) is 1.51. The maximum Gasteiger partial charge on any atom is 0.433 e. The van der Waals surface area contributed by atoms with Crippen molar-refractivity contribution in [2.24, 2.45) is 0 Å². The van der Waals surface area contributed by atoms with Crippen molar-refractivity contribution in [1.82, 2.24) is 9.97 Å². The van der Waals surface area contributed by atoms with Crippen LogP contribution in [-0.2, 0) is 12.6 Å². The van der Waals surface area contributed by atoms with Gasteiger partial charge in [-0.2, -0.15) is 13.2 Å². The first kappa shape index (κ1) is 13.8. The Morgan fingerprint density at radius 2 is 2.11 bits per heavy atom. The van der Waals surface area contributed by atoms with Crippen LogP contribution in [0.2, 0.25) is 0 Å². The van der Waals surface area contributed by atoms with Crippen molar-refractivity contribution in [1.29, 1.82) is 0 Å². The van der Waals surface area contributed by atoms with Crippen molar-refractivity contribution in [2.45, 2.75) is 19.5 Å². The molecule has 2 aromatic heterocycles. The van der Waals surface area contributed by atoms with Crippen LogP contribution in [-0.4, -0.2) is 16.5 Å². The number of alkyl halides is 3. The lowest BCUT2D eigenvalue weighted by atomic mass is 10.3. The first-order valence-electron chi connectivity index (χ1n) is 5.64. The number of rotatable bonds is 4. The van der Waals surface area contributed by atoms with Gasteiger partial charge in [-0.1, -0.05) is 6.07 Å². The second-order valence-electron chi connectivity index (χ2n) is 3.95. The van der Waals surface area contributed by atoms with Gasteiger partial charge in [0.15, 0.2) is 0 Å². The molecule has 1 N–H and O–H groups in total. The van der Waals surface area contributed by atoms with Crippen molar-refractivity contribution < 1.29 is 13.2 Å². The zero-order valence-corrected chi connectivity index (χ0v) is 11.0. The molecule has 0 aliphatic heterocycles. The molecule has 7 heteroatoms. The van der Waals surface area contributed by atoms with Crippen molar-refractivity contribution in [2.75, 3.05) is 11.9 Å². The maximum absolute atomic E-state index is 12.5. The smallest absolute Gasteiger partial charge is 0.370 e. The number of thiazole rings is 1. The molecule has 0 spiro atoms. The number of pyridine rings is 1. The first-order valence-corrected chi connectivity index (χ1v) is 6.46. The van der Waals surface area contributed by atoms with Crippen molar-refractivity contribution in [3.8, 4) is 0 Å². The molecule has 3 nitrogen and oxygen atoms in total. The summed E-state index contributed by atoms with van der Waals surface area (Å²) >= 11 is 1.58. The van der Waals surface area contributed by atoms with Crippen LogP contribution in [0.4, 0.5) is 19.0 Å². The van der Waals surface area contributed by atoms with Crippen molar-refractivity contribution in [3.63, 3.8) is 0 Å². The molecular weight excluding hydrogens is 275 g/mol. The lowest BCUT2D eigenvalue weighted by Gasteiger charge is -2.08. The summed E-state index contributed by atoms with van der Waals surface area (Å²) in [4.78, 5) is 8.83. The topological polar surface area (TPSA) is 37.8 Å². The minimum absolute atomic E-state index is 0.225. The predicted molar refractivity (Wildman–Crippen MR) is 68.3 cm³/mol. The molecule has 0 fully saturated rings. The van der Waals surface area contributed by atoms with E-state index in [1.54, 1.807) is 17.5 Å². The summed E-state index contributed by atoms with van der Waals surface area (Å²) in [5, 5.41) is 3.83. The maximum atomic E-state index is 12.5. The van der Waals surface area contributed by atoms with E-state index in [4.69, 9.17) is 0 Å². The van der Waals surface area contributed by atoms with Crippen LogP contribution in [0.15, 0.2) is 24.4 Å². The van der Waals surface area contributed by atoms with E-state index in [0.29, 0.717) is 13.0 Å². The highest BCUT2D eigenvalue weighted by atomic mass is 32.1. The van der Waals surface area contributed by atoms with Crippen LogP contribution in [0, 0.1) is 6.92 Å². The van der Waals surface area contributed by atoms with Crippen molar-refractivity contribution >= 4 is 17.2 Å². The predicted octanol–water partition coefficient (Wildman–Crippen LogP) is 3.52. The van der Waals surface area contributed by atoms with E-state index in [0.717, 1.165) is 16.0 Å². The fraction of sp³-hybridized carbons (Fsp3) is 0.333.